The lowest BCUT2D eigenvalue weighted by Gasteiger charge is -2.23. The van der Waals surface area contributed by atoms with E-state index in [2.05, 4.69) is 0 Å². The molecule has 0 amide bonds. The molecule has 0 bridgehead atoms. The van der Waals surface area contributed by atoms with Gasteiger partial charge in [0.2, 0.25) is 0 Å². The number of hydrogen-bond donors (Lipinski definition) is 2. The molecule has 0 unspecified atom stereocenters. The van der Waals surface area contributed by atoms with Gasteiger partial charge in [-0.25, -0.2) is 0 Å². The summed E-state index contributed by atoms with van der Waals surface area (Å²) in [6, 6.07) is 3.56. The Morgan fingerprint density at radius 2 is 1.81 bits per heavy atom. The lowest BCUT2D eigenvalue weighted by Crippen LogP contribution is -2.17. The van der Waals surface area contributed by atoms with Crippen molar-refractivity contribution in [3.05, 3.63) is 23.3 Å². The Kier molecular flexibility index (Phi) is 3.48. The van der Waals surface area contributed by atoms with Gasteiger partial charge in [-0.05, 0) is 37.5 Å². The predicted octanol–water partition coefficient (Wildman–Crippen LogP) is 2.75. The molecule has 3 heteroatoms. The van der Waals surface area contributed by atoms with E-state index in [0.29, 0.717) is 11.3 Å². The third kappa shape index (κ3) is 2.47. The van der Waals surface area contributed by atoms with Gasteiger partial charge in [0, 0.05) is 5.56 Å². The summed E-state index contributed by atoms with van der Waals surface area (Å²) in [6.07, 6.45) is 0. The summed E-state index contributed by atoms with van der Waals surface area (Å²) in [6.45, 7) is 7.42. The minimum Gasteiger partial charge on any atom is -0.504 e. The van der Waals surface area contributed by atoms with Crippen molar-refractivity contribution in [3.8, 4) is 11.5 Å². The summed E-state index contributed by atoms with van der Waals surface area (Å²) in [4.78, 5) is 0. The van der Waals surface area contributed by atoms with Gasteiger partial charge in [-0.3, -0.25) is 0 Å². The van der Waals surface area contributed by atoms with E-state index >= 15 is 0 Å². The molecule has 0 heterocycles. The van der Waals surface area contributed by atoms with Crippen LogP contribution < -0.4 is 4.74 Å². The van der Waals surface area contributed by atoms with E-state index in [-0.39, 0.29) is 11.7 Å². The molecule has 1 aromatic carbocycles. The molecule has 1 rings (SSSR count). The highest BCUT2D eigenvalue weighted by atomic mass is 16.5. The summed E-state index contributed by atoms with van der Waals surface area (Å²) in [5.41, 5.74) is 0.558. The lowest BCUT2D eigenvalue weighted by atomic mass is 9.91. The molecule has 0 aliphatic carbocycles. The van der Waals surface area contributed by atoms with Crippen LogP contribution in [0, 0.1) is 0 Å². The number of benzene rings is 1. The van der Waals surface area contributed by atoms with Crippen LogP contribution in [-0.2, 0) is 5.60 Å². The van der Waals surface area contributed by atoms with E-state index in [1.54, 1.807) is 19.9 Å². The van der Waals surface area contributed by atoms with Gasteiger partial charge in [-0.15, -0.1) is 0 Å². The third-order valence-corrected chi connectivity index (χ3v) is 2.62. The molecule has 0 saturated heterocycles. The SMILES string of the molecule is COc1c(O)cc(C(C)C)cc1C(C)(C)O. The van der Waals surface area contributed by atoms with Gasteiger partial charge in [0.1, 0.15) is 0 Å². The zero-order valence-electron chi connectivity index (χ0n) is 10.5. The normalized spacial score (nSPS) is 11.9. The van der Waals surface area contributed by atoms with Crippen LogP contribution in [0.15, 0.2) is 12.1 Å². The fourth-order valence-corrected chi connectivity index (χ4v) is 1.64. The Morgan fingerprint density at radius 1 is 1.25 bits per heavy atom. The summed E-state index contributed by atoms with van der Waals surface area (Å²) in [7, 11) is 1.49. The standard InChI is InChI=1S/C13H20O3/c1-8(2)9-6-10(13(3,4)15)12(16-5)11(14)7-9/h6-8,14-15H,1-5H3. The number of aliphatic hydroxyl groups is 1. The van der Waals surface area contributed by atoms with Crippen molar-refractivity contribution in [2.75, 3.05) is 7.11 Å². The number of methoxy groups -OCH3 is 1. The average molecular weight is 224 g/mol. The monoisotopic (exact) mass is 224 g/mol. The largest absolute Gasteiger partial charge is 0.504 e. The van der Waals surface area contributed by atoms with E-state index in [0.717, 1.165) is 5.56 Å². The first kappa shape index (κ1) is 12.8. The zero-order chi connectivity index (χ0) is 12.5. The summed E-state index contributed by atoms with van der Waals surface area (Å²) >= 11 is 0. The van der Waals surface area contributed by atoms with Crippen LogP contribution >= 0.6 is 0 Å². The van der Waals surface area contributed by atoms with Crippen LogP contribution in [0.2, 0.25) is 0 Å². The molecule has 0 aliphatic rings. The van der Waals surface area contributed by atoms with Gasteiger partial charge in [-0.1, -0.05) is 13.8 Å². The molecule has 0 atom stereocenters. The Hall–Kier alpha value is -1.22. The summed E-state index contributed by atoms with van der Waals surface area (Å²) in [5.74, 6) is 0.709. The first-order valence-corrected chi connectivity index (χ1v) is 5.41. The van der Waals surface area contributed by atoms with E-state index in [1.165, 1.54) is 7.11 Å². The molecule has 0 aromatic heterocycles. The first-order valence-electron chi connectivity index (χ1n) is 5.41. The van der Waals surface area contributed by atoms with Crippen LogP contribution in [0.5, 0.6) is 11.5 Å². The zero-order valence-corrected chi connectivity index (χ0v) is 10.5. The fraction of sp³-hybridized carbons (Fsp3) is 0.538. The Labute approximate surface area is 96.7 Å². The van der Waals surface area contributed by atoms with Gasteiger partial charge >= 0.3 is 0 Å². The molecule has 0 aliphatic heterocycles. The maximum atomic E-state index is 10.0. The van der Waals surface area contributed by atoms with Crippen molar-refractivity contribution in [1.29, 1.82) is 0 Å². The molecule has 1 aromatic rings. The fourth-order valence-electron chi connectivity index (χ4n) is 1.64. The van der Waals surface area contributed by atoms with E-state index < -0.39 is 5.60 Å². The van der Waals surface area contributed by atoms with Crippen LogP contribution in [0.4, 0.5) is 0 Å². The maximum Gasteiger partial charge on any atom is 0.166 e. The van der Waals surface area contributed by atoms with Crippen molar-refractivity contribution >= 4 is 0 Å². The van der Waals surface area contributed by atoms with Crippen molar-refractivity contribution in [2.24, 2.45) is 0 Å². The van der Waals surface area contributed by atoms with Gasteiger partial charge in [0.25, 0.3) is 0 Å². The molecule has 90 valence electrons. The number of hydrogen-bond acceptors (Lipinski definition) is 3. The van der Waals surface area contributed by atoms with Crippen molar-refractivity contribution < 1.29 is 14.9 Å². The van der Waals surface area contributed by atoms with Crippen molar-refractivity contribution in [3.63, 3.8) is 0 Å². The topological polar surface area (TPSA) is 49.7 Å². The summed E-state index contributed by atoms with van der Waals surface area (Å²) < 4.78 is 5.13. The quantitative estimate of drug-likeness (QED) is 0.830. The van der Waals surface area contributed by atoms with Crippen LogP contribution in [0.25, 0.3) is 0 Å². The predicted molar refractivity (Wildman–Crippen MR) is 64.0 cm³/mol. The number of phenols is 1. The minimum atomic E-state index is -1.03. The molecule has 0 fully saturated rings. The highest BCUT2D eigenvalue weighted by molar-refractivity contribution is 5.51. The van der Waals surface area contributed by atoms with Gasteiger partial charge in [0.15, 0.2) is 11.5 Å². The number of phenolic OH excluding ortho intramolecular Hbond substituents is 1. The molecule has 16 heavy (non-hydrogen) atoms. The number of rotatable bonds is 3. The Balaban J connectivity index is 3.43. The second-order valence-electron chi connectivity index (χ2n) is 4.83. The second kappa shape index (κ2) is 4.34. The minimum absolute atomic E-state index is 0.0748. The Bertz CT molecular complexity index is 375. The Morgan fingerprint density at radius 3 is 2.19 bits per heavy atom. The molecule has 2 N–H and O–H groups in total. The number of ether oxygens (including phenoxy) is 1. The molecule has 0 spiro atoms. The second-order valence-corrected chi connectivity index (χ2v) is 4.83. The average Bonchev–Trinajstić information content (AvgIpc) is 2.14. The van der Waals surface area contributed by atoms with Crippen LogP contribution in [-0.4, -0.2) is 17.3 Å². The lowest BCUT2D eigenvalue weighted by molar-refractivity contribution is 0.0750. The van der Waals surface area contributed by atoms with Gasteiger partial charge in [-0.2, -0.15) is 0 Å². The van der Waals surface area contributed by atoms with Crippen molar-refractivity contribution in [1.82, 2.24) is 0 Å². The highest BCUT2D eigenvalue weighted by Crippen LogP contribution is 2.39. The van der Waals surface area contributed by atoms with Gasteiger partial charge in [0.05, 0.1) is 12.7 Å². The molecule has 0 saturated carbocycles. The van der Waals surface area contributed by atoms with Gasteiger partial charge < -0.3 is 14.9 Å². The van der Waals surface area contributed by atoms with E-state index in [4.69, 9.17) is 4.74 Å². The van der Waals surface area contributed by atoms with E-state index in [9.17, 15) is 10.2 Å². The van der Waals surface area contributed by atoms with Crippen LogP contribution in [0.3, 0.4) is 0 Å². The molecule has 0 radical (unpaired) electrons. The molecular weight excluding hydrogens is 204 g/mol. The summed E-state index contributed by atoms with van der Waals surface area (Å²) in [5, 5.41) is 19.9. The first-order chi connectivity index (χ1) is 7.27. The molecule has 3 nitrogen and oxygen atoms in total. The van der Waals surface area contributed by atoms with Crippen LogP contribution in [0.1, 0.15) is 44.7 Å². The smallest absolute Gasteiger partial charge is 0.166 e. The highest BCUT2D eigenvalue weighted by Gasteiger charge is 2.24. The number of aromatic hydroxyl groups is 1. The maximum absolute atomic E-state index is 10.0. The van der Waals surface area contributed by atoms with Crippen molar-refractivity contribution in [2.45, 2.75) is 39.2 Å². The molecular formula is C13H20O3. The van der Waals surface area contributed by atoms with E-state index in [1.807, 2.05) is 19.9 Å². The third-order valence-electron chi connectivity index (χ3n) is 2.62.